The van der Waals surface area contributed by atoms with Crippen LogP contribution in [0, 0.1) is 11.3 Å². The summed E-state index contributed by atoms with van der Waals surface area (Å²) < 4.78 is 7.85. The number of hydrogen-bond acceptors (Lipinski definition) is 5. The molecule has 6 heteroatoms. The van der Waals surface area contributed by atoms with Gasteiger partial charge in [-0.1, -0.05) is 0 Å². The molecular weight excluding hydrogens is 266 g/mol. The van der Waals surface area contributed by atoms with Gasteiger partial charge >= 0.3 is 0 Å². The van der Waals surface area contributed by atoms with E-state index >= 15 is 0 Å². The zero-order chi connectivity index (χ0) is 14.7. The molecular formula is C15H17N5O. The Hall–Kier alpha value is -2.39. The van der Waals surface area contributed by atoms with Gasteiger partial charge in [0.1, 0.15) is 12.4 Å². The van der Waals surface area contributed by atoms with Crippen molar-refractivity contribution in [3.63, 3.8) is 0 Å². The number of ether oxygens (including phenoxy) is 1. The minimum Gasteiger partial charge on any atom is -0.367 e. The Kier molecular flexibility index (Phi) is 3.84. The summed E-state index contributed by atoms with van der Waals surface area (Å²) in [5, 5.41) is 17.0. The van der Waals surface area contributed by atoms with E-state index in [1.807, 2.05) is 28.8 Å². The zero-order valence-corrected chi connectivity index (χ0v) is 11.9. The normalized spacial score (nSPS) is 18.5. The van der Waals surface area contributed by atoms with E-state index in [9.17, 15) is 0 Å². The molecule has 1 unspecified atom stereocenters. The Bertz CT molecular complexity index is 643. The maximum atomic E-state index is 8.86. The van der Waals surface area contributed by atoms with Gasteiger partial charge in [-0.15, -0.1) is 10.2 Å². The summed E-state index contributed by atoms with van der Waals surface area (Å²) in [5.41, 5.74) is 1.78. The van der Waals surface area contributed by atoms with E-state index < -0.39 is 0 Å². The first kappa shape index (κ1) is 13.6. The van der Waals surface area contributed by atoms with E-state index in [-0.39, 0.29) is 6.10 Å². The molecule has 0 radical (unpaired) electrons. The molecule has 2 aromatic rings. The predicted octanol–water partition coefficient (Wildman–Crippen LogP) is 1.75. The van der Waals surface area contributed by atoms with Crippen LogP contribution in [-0.2, 0) is 11.3 Å². The Labute approximate surface area is 123 Å². The van der Waals surface area contributed by atoms with E-state index in [2.05, 4.69) is 28.1 Å². The van der Waals surface area contributed by atoms with E-state index in [1.165, 1.54) is 0 Å². The molecule has 1 aromatic carbocycles. The zero-order valence-electron chi connectivity index (χ0n) is 11.9. The Balaban J connectivity index is 1.78. The quantitative estimate of drug-likeness (QED) is 0.858. The number of hydrogen-bond donors (Lipinski definition) is 0. The SMILES string of the molecule is CCn1cnnc1C1CN(c2ccc(C#N)cc2)CCO1. The standard InChI is InChI=1S/C15H17N5O/c1-2-19-11-17-18-15(19)14-10-20(7-8-21-14)13-5-3-12(9-16)4-6-13/h3-6,11,14H,2,7-8,10H2,1H3. The Morgan fingerprint density at radius 2 is 2.19 bits per heavy atom. The molecule has 0 N–H and O–H groups in total. The molecule has 1 atom stereocenters. The van der Waals surface area contributed by atoms with Gasteiger partial charge in [-0.05, 0) is 31.2 Å². The first-order valence-electron chi connectivity index (χ1n) is 7.06. The lowest BCUT2D eigenvalue weighted by Gasteiger charge is -2.34. The third-order valence-electron chi connectivity index (χ3n) is 3.70. The van der Waals surface area contributed by atoms with Crippen LogP contribution in [-0.4, -0.2) is 34.5 Å². The van der Waals surface area contributed by atoms with Gasteiger partial charge < -0.3 is 14.2 Å². The molecule has 0 saturated carbocycles. The van der Waals surface area contributed by atoms with Crippen molar-refractivity contribution in [2.45, 2.75) is 19.6 Å². The van der Waals surface area contributed by atoms with Gasteiger partial charge in [-0.25, -0.2) is 0 Å². The first-order chi connectivity index (χ1) is 10.3. The predicted molar refractivity (Wildman–Crippen MR) is 77.8 cm³/mol. The summed E-state index contributed by atoms with van der Waals surface area (Å²) in [7, 11) is 0. The lowest BCUT2D eigenvalue weighted by Crippen LogP contribution is -2.39. The van der Waals surface area contributed by atoms with Crippen LogP contribution < -0.4 is 4.90 Å². The maximum Gasteiger partial charge on any atom is 0.163 e. The summed E-state index contributed by atoms with van der Waals surface area (Å²) in [6, 6.07) is 9.78. The van der Waals surface area contributed by atoms with Crippen molar-refractivity contribution >= 4 is 5.69 Å². The highest BCUT2D eigenvalue weighted by Crippen LogP contribution is 2.25. The van der Waals surface area contributed by atoms with Crippen molar-refractivity contribution in [3.8, 4) is 6.07 Å². The van der Waals surface area contributed by atoms with Gasteiger partial charge in [-0.3, -0.25) is 0 Å². The minimum atomic E-state index is -0.0724. The summed E-state index contributed by atoms with van der Waals surface area (Å²) in [6.07, 6.45) is 1.66. The van der Waals surface area contributed by atoms with Gasteiger partial charge in [0.15, 0.2) is 5.82 Å². The number of nitrogens with zero attached hydrogens (tertiary/aromatic N) is 5. The lowest BCUT2D eigenvalue weighted by atomic mass is 10.2. The molecule has 1 aromatic heterocycles. The molecule has 1 aliphatic rings. The molecule has 6 nitrogen and oxygen atoms in total. The lowest BCUT2D eigenvalue weighted by molar-refractivity contribution is 0.0316. The van der Waals surface area contributed by atoms with Crippen LogP contribution in [0.4, 0.5) is 5.69 Å². The second-order valence-electron chi connectivity index (χ2n) is 4.94. The van der Waals surface area contributed by atoms with E-state index in [0.29, 0.717) is 12.2 Å². The number of nitriles is 1. The fourth-order valence-corrected chi connectivity index (χ4v) is 2.54. The molecule has 0 amide bonds. The van der Waals surface area contributed by atoms with Gasteiger partial charge in [0, 0.05) is 18.8 Å². The van der Waals surface area contributed by atoms with Crippen molar-refractivity contribution in [2.24, 2.45) is 0 Å². The average molecular weight is 283 g/mol. The largest absolute Gasteiger partial charge is 0.367 e. The number of anilines is 1. The molecule has 21 heavy (non-hydrogen) atoms. The molecule has 3 rings (SSSR count). The second kappa shape index (κ2) is 5.94. The Morgan fingerprint density at radius 1 is 1.38 bits per heavy atom. The van der Waals surface area contributed by atoms with Crippen LogP contribution in [0.2, 0.25) is 0 Å². The fourth-order valence-electron chi connectivity index (χ4n) is 2.54. The van der Waals surface area contributed by atoms with E-state index in [0.717, 1.165) is 31.1 Å². The van der Waals surface area contributed by atoms with Crippen molar-refractivity contribution in [1.29, 1.82) is 5.26 Å². The monoisotopic (exact) mass is 283 g/mol. The molecule has 0 spiro atoms. The molecule has 2 heterocycles. The number of morpholine rings is 1. The van der Waals surface area contributed by atoms with Gasteiger partial charge in [0.25, 0.3) is 0 Å². The Morgan fingerprint density at radius 3 is 2.90 bits per heavy atom. The van der Waals surface area contributed by atoms with Crippen LogP contribution in [0.15, 0.2) is 30.6 Å². The first-order valence-corrected chi connectivity index (χ1v) is 7.06. The van der Waals surface area contributed by atoms with Crippen molar-refractivity contribution in [3.05, 3.63) is 42.0 Å². The molecule has 108 valence electrons. The van der Waals surface area contributed by atoms with E-state index in [4.69, 9.17) is 10.00 Å². The number of aromatic nitrogens is 3. The number of benzene rings is 1. The van der Waals surface area contributed by atoms with E-state index in [1.54, 1.807) is 6.33 Å². The third kappa shape index (κ3) is 2.73. The minimum absolute atomic E-state index is 0.0724. The van der Waals surface area contributed by atoms with Crippen LogP contribution >= 0.6 is 0 Å². The summed E-state index contributed by atoms with van der Waals surface area (Å²) in [5.74, 6) is 0.871. The van der Waals surface area contributed by atoms with Crippen LogP contribution in [0.1, 0.15) is 24.4 Å². The number of aryl methyl sites for hydroxylation is 1. The van der Waals surface area contributed by atoms with Gasteiger partial charge in [0.05, 0.1) is 24.8 Å². The fraction of sp³-hybridized carbons (Fsp3) is 0.400. The van der Waals surface area contributed by atoms with Crippen LogP contribution in [0.3, 0.4) is 0 Å². The van der Waals surface area contributed by atoms with Gasteiger partial charge in [0.2, 0.25) is 0 Å². The highest BCUT2D eigenvalue weighted by atomic mass is 16.5. The van der Waals surface area contributed by atoms with Crippen LogP contribution in [0.25, 0.3) is 0 Å². The summed E-state index contributed by atoms with van der Waals surface area (Å²) in [4.78, 5) is 2.25. The average Bonchev–Trinajstić information content (AvgIpc) is 3.04. The number of rotatable bonds is 3. The highest BCUT2D eigenvalue weighted by molar-refractivity contribution is 5.50. The smallest absolute Gasteiger partial charge is 0.163 e. The van der Waals surface area contributed by atoms with Crippen LogP contribution in [0.5, 0.6) is 0 Å². The van der Waals surface area contributed by atoms with Crippen molar-refractivity contribution < 1.29 is 4.74 Å². The van der Waals surface area contributed by atoms with Crippen molar-refractivity contribution in [1.82, 2.24) is 14.8 Å². The molecule has 1 saturated heterocycles. The molecule has 0 bridgehead atoms. The third-order valence-corrected chi connectivity index (χ3v) is 3.70. The topological polar surface area (TPSA) is 67.0 Å². The molecule has 1 fully saturated rings. The molecule has 0 aliphatic carbocycles. The van der Waals surface area contributed by atoms with Gasteiger partial charge in [-0.2, -0.15) is 5.26 Å². The maximum absolute atomic E-state index is 8.86. The second-order valence-corrected chi connectivity index (χ2v) is 4.94. The highest BCUT2D eigenvalue weighted by Gasteiger charge is 2.26. The molecule has 1 aliphatic heterocycles. The van der Waals surface area contributed by atoms with Crippen molar-refractivity contribution in [2.75, 3.05) is 24.6 Å². The summed E-state index contributed by atoms with van der Waals surface area (Å²) in [6.45, 7) is 5.13. The summed E-state index contributed by atoms with van der Waals surface area (Å²) >= 11 is 0.